The first-order valence-electron chi connectivity index (χ1n) is 7.53. The molecular weight excluding hydrogens is 304 g/mol. The molecule has 0 aromatic heterocycles. The zero-order valence-corrected chi connectivity index (χ0v) is 13.6. The van der Waals surface area contributed by atoms with E-state index in [1.54, 1.807) is 42.3 Å². The lowest BCUT2D eigenvalue weighted by atomic mass is 9.99. The maximum absolute atomic E-state index is 12.5. The number of para-hydroxylation sites is 1. The predicted octanol–water partition coefficient (Wildman–Crippen LogP) is 3.01. The Hall–Kier alpha value is -3.08. The summed E-state index contributed by atoms with van der Waals surface area (Å²) >= 11 is 0. The van der Waals surface area contributed by atoms with Gasteiger partial charge < -0.3 is 15.0 Å². The van der Waals surface area contributed by atoms with Crippen molar-refractivity contribution in [1.29, 1.82) is 0 Å². The molecule has 5 heteroatoms. The topological polar surface area (TPSA) is 58.6 Å². The maximum Gasteiger partial charge on any atom is 0.337 e. The zero-order valence-electron chi connectivity index (χ0n) is 13.6. The summed E-state index contributed by atoms with van der Waals surface area (Å²) in [5.74, 6) is -0.439. The van der Waals surface area contributed by atoms with Crippen molar-refractivity contribution in [2.45, 2.75) is 6.17 Å². The first kappa shape index (κ1) is 15.8. The smallest absolute Gasteiger partial charge is 0.337 e. The van der Waals surface area contributed by atoms with Crippen LogP contribution < -0.4 is 5.32 Å². The van der Waals surface area contributed by atoms with E-state index in [1.807, 2.05) is 18.2 Å². The van der Waals surface area contributed by atoms with Crippen LogP contribution in [0, 0.1) is 0 Å². The Bertz CT molecular complexity index is 812. The molecule has 0 unspecified atom stereocenters. The first-order chi connectivity index (χ1) is 11.5. The highest BCUT2D eigenvalue weighted by Gasteiger charge is 2.30. The monoisotopic (exact) mass is 322 g/mol. The van der Waals surface area contributed by atoms with Crippen molar-refractivity contribution in [3.05, 3.63) is 71.8 Å². The Morgan fingerprint density at radius 1 is 1.12 bits per heavy atom. The molecule has 1 aliphatic heterocycles. The number of methoxy groups -OCH3 is 1. The average Bonchev–Trinajstić information content (AvgIpc) is 2.63. The molecule has 1 amide bonds. The van der Waals surface area contributed by atoms with E-state index in [-0.39, 0.29) is 18.0 Å². The Balaban J connectivity index is 1.88. The summed E-state index contributed by atoms with van der Waals surface area (Å²) in [7, 11) is 3.09. The summed E-state index contributed by atoms with van der Waals surface area (Å²) in [6.45, 7) is 4.13. The van der Waals surface area contributed by atoms with Gasteiger partial charge in [0.1, 0.15) is 6.17 Å². The fourth-order valence-electron chi connectivity index (χ4n) is 2.76. The Morgan fingerprint density at radius 3 is 2.42 bits per heavy atom. The van der Waals surface area contributed by atoms with Gasteiger partial charge in [0.15, 0.2) is 0 Å². The Kier molecular flexibility index (Phi) is 4.08. The van der Waals surface area contributed by atoms with Gasteiger partial charge in [0.25, 0.3) is 5.91 Å². The fraction of sp³-hybridized carbons (Fsp3) is 0.158. The van der Waals surface area contributed by atoms with Gasteiger partial charge in [-0.2, -0.15) is 0 Å². The number of likely N-dealkylation sites (N-methyl/N-ethyl adjacent to an activating group) is 1. The molecule has 1 N–H and O–H groups in total. The van der Waals surface area contributed by atoms with Gasteiger partial charge in [0.2, 0.25) is 0 Å². The molecule has 1 atom stereocenters. The maximum atomic E-state index is 12.5. The third-order valence-electron chi connectivity index (χ3n) is 4.16. The Labute approximate surface area is 140 Å². The Morgan fingerprint density at radius 2 is 1.75 bits per heavy atom. The minimum absolute atomic E-state index is 0.0540. The van der Waals surface area contributed by atoms with Crippen molar-refractivity contribution in [2.24, 2.45) is 0 Å². The predicted molar refractivity (Wildman–Crippen MR) is 92.8 cm³/mol. The zero-order chi connectivity index (χ0) is 17.3. The van der Waals surface area contributed by atoms with Gasteiger partial charge in [-0.1, -0.05) is 30.8 Å². The van der Waals surface area contributed by atoms with Gasteiger partial charge in [0, 0.05) is 12.7 Å². The summed E-state index contributed by atoms with van der Waals surface area (Å²) in [6, 6.07) is 14.4. The summed E-state index contributed by atoms with van der Waals surface area (Å²) in [5, 5.41) is 3.34. The van der Waals surface area contributed by atoms with Crippen molar-refractivity contribution in [1.82, 2.24) is 4.90 Å². The van der Waals surface area contributed by atoms with Crippen LogP contribution in [-0.4, -0.2) is 37.1 Å². The van der Waals surface area contributed by atoms with Crippen LogP contribution in [0.3, 0.4) is 0 Å². The molecule has 3 rings (SSSR count). The van der Waals surface area contributed by atoms with Crippen LogP contribution in [0.1, 0.15) is 26.3 Å². The van der Waals surface area contributed by atoms with Gasteiger partial charge in [0.05, 0.1) is 18.2 Å². The molecule has 122 valence electrons. The molecule has 0 spiro atoms. The van der Waals surface area contributed by atoms with Crippen LogP contribution in [0.2, 0.25) is 0 Å². The van der Waals surface area contributed by atoms with Crippen molar-refractivity contribution < 1.29 is 14.3 Å². The van der Waals surface area contributed by atoms with E-state index in [4.69, 9.17) is 4.74 Å². The quantitative estimate of drug-likeness (QED) is 0.883. The van der Waals surface area contributed by atoms with Crippen molar-refractivity contribution >= 4 is 23.1 Å². The van der Waals surface area contributed by atoms with Gasteiger partial charge in [-0.05, 0) is 35.4 Å². The number of carbonyl (C=O) groups is 2. The van der Waals surface area contributed by atoms with Crippen LogP contribution >= 0.6 is 0 Å². The van der Waals surface area contributed by atoms with E-state index in [0.29, 0.717) is 11.1 Å². The first-order valence-corrected chi connectivity index (χ1v) is 7.53. The molecule has 2 aromatic rings. The largest absolute Gasteiger partial charge is 0.465 e. The van der Waals surface area contributed by atoms with E-state index >= 15 is 0 Å². The minimum atomic E-state index is -0.385. The summed E-state index contributed by atoms with van der Waals surface area (Å²) in [4.78, 5) is 25.7. The van der Waals surface area contributed by atoms with E-state index in [1.165, 1.54) is 7.11 Å². The number of carbonyl (C=O) groups excluding carboxylic acids is 2. The number of ether oxygens (including phenoxy) is 1. The van der Waals surface area contributed by atoms with E-state index in [0.717, 1.165) is 16.8 Å². The second-order valence-electron chi connectivity index (χ2n) is 5.60. The van der Waals surface area contributed by atoms with Crippen LogP contribution in [-0.2, 0) is 4.74 Å². The molecule has 0 aliphatic carbocycles. The number of hydrogen-bond donors (Lipinski definition) is 1. The summed E-state index contributed by atoms with van der Waals surface area (Å²) in [5.41, 5.74) is 3.50. The average molecular weight is 322 g/mol. The fourth-order valence-corrected chi connectivity index (χ4v) is 2.76. The number of fused-ring (bicyclic) bond motifs is 1. The molecule has 5 nitrogen and oxygen atoms in total. The van der Waals surface area contributed by atoms with E-state index in [9.17, 15) is 9.59 Å². The highest BCUT2D eigenvalue weighted by Crippen LogP contribution is 2.30. The normalized spacial score (nSPS) is 16.2. The standard InChI is InChI=1S/C19H18N2O3/c1-12(13-8-10-14(11-9-13)19(23)24-3)17-20-16-7-5-4-6-15(16)18(22)21(17)2/h4-11,17,20H,1H2,2-3H3/t17-/m0/s1. The molecule has 0 fully saturated rings. The second kappa shape index (κ2) is 6.20. The highest BCUT2D eigenvalue weighted by atomic mass is 16.5. The van der Waals surface area contributed by atoms with Crippen molar-refractivity contribution in [3.63, 3.8) is 0 Å². The van der Waals surface area contributed by atoms with Crippen LogP contribution in [0.5, 0.6) is 0 Å². The summed E-state index contributed by atoms with van der Waals surface area (Å²) in [6.07, 6.45) is -0.351. The molecule has 24 heavy (non-hydrogen) atoms. The van der Waals surface area contributed by atoms with Crippen LogP contribution in [0.25, 0.3) is 5.57 Å². The van der Waals surface area contributed by atoms with Gasteiger partial charge in [-0.15, -0.1) is 0 Å². The van der Waals surface area contributed by atoms with E-state index < -0.39 is 0 Å². The molecule has 1 aliphatic rings. The molecule has 0 radical (unpaired) electrons. The number of amides is 1. The lowest BCUT2D eigenvalue weighted by Gasteiger charge is -2.36. The number of anilines is 1. The molecular formula is C19H18N2O3. The number of esters is 1. The van der Waals surface area contributed by atoms with Gasteiger partial charge in [-0.25, -0.2) is 4.79 Å². The number of rotatable bonds is 3. The molecule has 0 bridgehead atoms. The number of hydrogen-bond acceptors (Lipinski definition) is 4. The van der Waals surface area contributed by atoms with Crippen molar-refractivity contribution in [3.8, 4) is 0 Å². The molecule has 2 aromatic carbocycles. The number of benzene rings is 2. The highest BCUT2D eigenvalue weighted by molar-refractivity contribution is 6.03. The third-order valence-corrected chi connectivity index (χ3v) is 4.16. The number of nitrogens with one attached hydrogen (secondary N) is 1. The second-order valence-corrected chi connectivity index (χ2v) is 5.60. The van der Waals surface area contributed by atoms with Crippen LogP contribution in [0.4, 0.5) is 5.69 Å². The van der Waals surface area contributed by atoms with Crippen molar-refractivity contribution in [2.75, 3.05) is 19.5 Å². The van der Waals surface area contributed by atoms with Crippen LogP contribution in [0.15, 0.2) is 55.1 Å². The molecule has 0 saturated heterocycles. The third kappa shape index (κ3) is 2.65. The van der Waals surface area contributed by atoms with Gasteiger partial charge >= 0.3 is 5.97 Å². The van der Waals surface area contributed by atoms with E-state index in [2.05, 4.69) is 11.9 Å². The SMILES string of the molecule is C=C(c1ccc(C(=O)OC)cc1)[C@H]1Nc2ccccc2C(=O)N1C. The molecule has 0 saturated carbocycles. The van der Waals surface area contributed by atoms with Gasteiger partial charge in [-0.3, -0.25) is 4.79 Å². The molecule has 1 heterocycles. The minimum Gasteiger partial charge on any atom is -0.465 e. The lowest BCUT2D eigenvalue weighted by Crippen LogP contribution is -2.46. The lowest BCUT2D eigenvalue weighted by molar-refractivity contribution is 0.0600. The number of nitrogens with zero attached hydrogens (tertiary/aromatic N) is 1. The summed E-state index contributed by atoms with van der Waals surface area (Å²) < 4.78 is 4.70.